The molecule has 0 fully saturated rings. The first-order chi connectivity index (χ1) is 10.2. The number of benzene rings is 1. The van der Waals surface area contributed by atoms with E-state index in [1.165, 1.54) is 24.7 Å². The first kappa shape index (κ1) is 16.0. The van der Waals surface area contributed by atoms with Crippen molar-refractivity contribution in [3.8, 4) is 0 Å². The van der Waals surface area contributed by atoms with Gasteiger partial charge in [-0.05, 0) is 19.4 Å². The van der Waals surface area contributed by atoms with Gasteiger partial charge in [-0.1, -0.05) is 35.5 Å². The summed E-state index contributed by atoms with van der Waals surface area (Å²) in [5.41, 5.74) is -0.424. The average molecular weight is 313 g/mol. The minimum atomic E-state index is -5.04. The van der Waals surface area contributed by atoms with E-state index in [9.17, 15) is 18.0 Å². The van der Waals surface area contributed by atoms with E-state index >= 15 is 0 Å². The highest BCUT2D eigenvalue weighted by molar-refractivity contribution is 5.76. The van der Waals surface area contributed by atoms with Gasteiger partial charge in [0.1, 0.15) is 5.69 Å². The number of hydrogen-bond acceptors (Lipinski definition) is 4. The minimum Gasteiger partial charge on any atom is -0.446 e. The summed E-state index contributed by atoms with van der Waals surface area (Å²) in [5, 5.41) is 7.63. The maximum atomic E-state index is 12.3. The fourth-order valence-corrected chi connectivity index (χ4v) is 1.76. The van der Waals surface area contributed by atoms with Crippen molar-refractivity contribution in [2.75, 3.05) is 0 Å². The fourth-order valence-electron chi connectivity index (χ4n) is 1.76. The van der Waals surface area contributed by atoms with E-state index in [-0.39, 0.29) is 5.69 Å². The lowest BCUT2D eigenvalue weighted by Gasteiger charge is -2.22. The van der Waals surface area contributed by atoms with Crippen LogP contribution in [0, 0.1) is 0 Å². The monoisotopic (exact) mass is 313 g/mol. The molecule has 0 amide bonds. The Balaban J connectivity index is 2.11. The molecule has 1 heterocycles. The Morgan fingerprint density at radius 3 is 2.45 bits per heavy atom. The highest BCUT2D eigenvalue weighted by Crippen LogP contribution is 2.27. The average Bonchev–Trinajstić information content (AvgIpc) is 2.87. The molecule has 2 rings (SSSR count). The summed E-state index contributed by atoms with van der Waals surface area (Å²) in [5.74, 6) is -2.25. The van der Waals surface area contributed by atoms with Crippen LogP contribution in [0.15, 0.2) is 36.5 Å². The van der Waals surface area contributed by atoms with Crippen LogP contribution in [0.4, 0.5) is 13.2 Å². The molecule has 8 heteroatoms. The van der Waals surface area contributed by atoms with Crippen molar-refractivity contribution in [2.45, 2.75) is 32.2 Å². The molecule has 118 valence electrons. The van der Waals surface area contributed by atoms with Gasteiger partial charge in [0.05, 0.1) is 12.7 Å². The quantitative estimate of drug-likeness (QED) is 0.814. The number of halogens is 3. The van der Waals surface area contributed by atoms with Crippen LogP contribution in [0.1, 0.15) is 25.1 Å². The number of carbonyl (C=O) groups excluding carboxylic acids is 1. The van der Waals surface area contributed by atoms with E-state index in [2.05, 4.69) is 15.0 Å². The van der Waals surface area contributed by atoms with Gasteiger partial charge in [-0.25, -0.2) is 9.48 Å². The molecule has 0 aliphatic rings. The van der Waals surface area contributed by atoms with Crippen LogP contribution < -0.4 is 0 Å². The molecule has 0 saturated carbocycles. The molecular formula is C14H14F3N3O2. The van der Waals surface area contributed by atoms with Crippen molar-refractivity contribution >= 4 is 5.97 Å². The van der Waals surface area contributed by atoms with E-state index in [1.54, 1.807) is 0 Å². The molecule has 0 bridgehead atoms. The van der Waals surface area contributed by atoms with Crippen LogP contribution in [-0.2, 0) is 21.7 Å². The summed E-state index contributed by atoms with van der Waals surface area (Å²) in [7, 11) is 0. The maximum Gasteiger partial charge on any atom is 0.490 e. The third-order valence-electron chi connectivity index (χ3n) is 2.92. The first-order valence-electron chi connectivity index (χ1n) is 6.43. The smallest absolute Gasteiger partial charge is 0.446 e. The Bertz CT molecular complexity index is 651. The van der Waals surface area contributed by atoms with Gasteiger partial charge in [-0.15, -0.1) is 5.10 Å². The highest BCUT2D eigenvalue weighted by Gasteiger charge is 2.45. The molecule has 2 aromatic rings. The zero-order chi connectivity index (χ0) is 16.4. The third-order valence-corrected chi connectivity index (χ3v) is 2.92. The highest BCUT2D eigenvalue weighted by atomic mass is 19.4. The van der Waals surface area contributed by atoms with Gasteiger partial charge in [-0.3, -0.25) is 0 Å². The van der Waals surface area contributed by atoms with Gasteiger partial charge in [0.2, 0.25) is 0 Å². The lowest BCUT2D eigenvalue weighted by Crippen LogP contribution is -2.34. The number of ether oxygens (including phenoxy) is 1. The summed E-state index contributed by atoms with van der Waals surface area (Å²) < 4.78 is 42.8. The van der Waals surface area contributed by atoms with Gasteiger partial charge in [0, 0.05) is 0 Å². The molecule has 0 atom stereocenters. The molecule has 0 aliphatic carbocycles. The third kappa shape index (κ3) is 3.84. The number of rotatable bonds is 4. The van der Waals surface area contributed by atoms with E-state index < -0.39 is 17.7 Å². The van der Waals surface area contributed by atoms with Gasteiger partial charge >= 0.3 is 12.1 Å². The Morgan fingerprint density at radius 2 is 1.86 bits per heavy atom. The predicted molar refractivity (Wildman–Crippen MR) is 70.7 cm³/mol. The molecule has 0 radical (unpaired) electrons. The molecule has 0 aliphatic heterocycles. The summed E-state index contributed by atoms with van der Waals surface area (Å²) in [6.45, 7) is 3.07. The molecule has 5 nitrogen and oxygen atoms in total. The van der Waals surface area contributed by atoms with Crippen LogP contribution >= 0.6 is 0 Å². The van der Waals surface area contributed by atoms with Crippen molar-refractivity contribution in [1.82, 2.24) is 15.0 Å². The minimum absolute atomic E-state index is 0.140. The molecule has 22 heavy (non-hydrogen) atoms. The normalized spacial score (nSPS) is 12.2. The second-order valence-corrected chi connectivity index (χ2v) is 5.18. The van der Waals surface area contributed by atoms with E-state index in [0.717, 1.165) is 5.56 Å². The van der Waals surface area contributed by atoms with E-state index in [4.69, 9.17) is 0 Å². The second-order valence-electron chi connectivity index (χ2n) is 5.18. The van der Waals surface area contributed by atoms with E-state index in [1.807, 2.05) is 30.3 Å². The molecular weight excluding hydrogens is 299 g/mol. The molecule has 0 N–H and O–H groups in total. The van der Waals surface area contributed by atoms with Crippen LogP contribution in [0.3, 0.4) is 0 Å². The molecule has 1 aromatic carbocycles. The van der Waals surface area contributed by atoms with Crippen LogP contribution in [0.25, 0.3) is 0 Å². The lowest BCUT2D eigenvalue weighted by atomic mass is 10.1. The van der Waals surface area contributed by atoms with Gasteiger partial charge in [0.15, 0.2) is 5.60 Å². The largest absolute Gasteiger partial charge is 0.490 e. The number of carbonyl (C=O) groups is 1. The lowest BCUT2D eigenvalue weighted by molar-refractivity contribution is -0.212. The van der Waals surface area contributed by atoms with Crippen molar-refractivity contribution < 1.29 is 22.7 Å². The predicted octanol–water partition coefficient (Wildman–Crippen LogP) is 2.67. The molecule has 1 aromatic heterocycles. The SMILES string of the molecule is CC(C)(OC(=O)C(F)(F)F)c1cn(Cc2ccccc2)nn1. The Morgan fingerprint density at radius 1 is 1.23 bits per heavy atom. The maximum absolute atomic E-state index is 12.3. The van der Waals surface area contributed by atoms with E-state index in [0.29, 0.717) is 6.54 Å². The molecule has 0 spiro atoms. The molecule has 0 saturated heterocycles. The standard InChI is InChI=1S/C14H14F3N3O2/c1-13(2,22-12(21)14(15,16)17)11-9-20(19-18-11)8-10-6-4-3-5-7-10/h3-7,9H,8H2,1-2H3. The van der Waals surface area contributed by atoms with Gasteiger partial charge < -0.3 is 4.74 Å². The Labute approximate surface area is 124 Å². The molecule has 0 unspecified atom stereocenters. The zero-order valence-electron chi connectivity index (χ0n) is 12.0. The summed E-state index contributed by atoms with van der Waals surface area (Å²) in [6.07, 6.45) is -3.59. The van der Waals surface area contributed by atoms with Crippen LogP contribution in [0.2, 0.25) is 0 Å². The number of nitrogens with zero attached hydrogens (tertiary/aromatic N) is 3. The zero-order valence-corrected chi connectivity index (χ0v) is 12.0. The number of alkyl halides is 3. The van der Waals surface area contributed by atoms with Gasteiger partial charge in [-0.2, -0.15) is 13.2 Å². The van der Waals surface area contributed by atoms with Gasteiger partial charge in [0.25, 0.3) is 0 Å². The van der Waals surface area contributed by atoms with Crippen LogP contribution in [-0.4, -0.2) is 27.1 Å². The topological polar surface area (TPSA) is 57.0 Å². The fraction of sp³-hybridized carbons (Fsp3) is 0.357. The van der Waals surface area contributed by atoms with Crippen LogP contribution in [0.5, 0.6) is 0 Å². The summed E-state index contributed by atoms with van der Waals surface area (Å²) >= 11 is 0. The van der Waals surface area contributed by atoms with Crippen molar-refractivity contribution in [2.24, 2.45) is 0 Å². The summed E-state index contributed by atoms with van der Waals surface area (Å²) in [6, 6.07) is 9.37. The summed E-state index contributed by atoms with van der Waals surface area (Å²) in [4.78, 5) is 10.9. The number of esters is 1. The number of hydrogen-bond donors (Lipinski definition) is 0. The Hall–Kier alpha value is -2.38. The second kappa shape index (κ2) is 5.78. The first-order valence-corrected chi connectivity index (χ1v) is 6.43. The van der Waals surface area contributed by atoms with Crippen molar-refractivity contribution in [3.63, 3.8) is 0 Å². The Kier molecular flexibility index (Phi) is 4.20. The van der Waals surface area contributed by atoms with Crippen molar-refractivity contribution in [1.29, 1.82) is 0 Å². The number of aromatic nitrogens is 3. The van der Waals surface area contributed by atoms with Crippen molar-refractivity contribution in [3.05, 3.63) is 47.8 Å².